The molecule has 0 saturated carbocycles. The zero-order chi connectivity index (χ0) is 23.1. The molecule has 0 fully saturated rings. The number of carbonyl (C=O) groups excluding carboxylic acids is 1. The molecule has 8 nitrogen and oxygen atoms in total. The molecule has 2 amide bonds. The predicted molar refractivity (Wildman–Crippen MR) is 123 cm³/mol. The van der Waals surface area contributed by atoms with E-state index in [9.17, 15) is 19.5 Å². The summed E-state index contributed by atoms with van der Waals surface area (Å²) in [6.45, 7) is 0.594. The molecule has 5 N–H and O–H groups in total. The van der Waals surface area contributed by atoms with Crippen molar-refractivity contribution in [3.63, 3.8) is 0 Å². The fraction of sp³-hybridized carbons (Fsp3) is 0.174. The number of hydrogen-bond acceptors (Lipinski definition) is 4. The zero-order valence-corrected chi connectivity index (χ0v) is 17.9. The van der Waals surface area contributed by atoms with Crippen LogP contribution in [0.4, 0.5) is 10.5 Å². The number of aliphatic carboxylic acids is 1. The summed E-state index contributed by atoms with van der Waals surface area (Å²) < 4.78 is 1.43. The van der Waals surface area contributed by atoms with E-state index in [0.717, 1.165) is 11.1 Å². The van der Waals surface area contributed by atoms with Crippen molar-refractivity contribution in [3.8, 4) is 0 Å². The molecule has 1 atom stereocenters. The number of anilines is 1. The molecule has 2 aromatic carbocycles. The van der Waals surface area contributed by atoms with Gasteiger partial charge in [0.2, 0.25) is 0 Å². The van der Waals surface area contributed by atoms with Gasteiger partial charge in [0.05, 0.1) is 19.0 Å². The standard InChI is InChI=1S/C23H23ClN4O4/c24-18-5-2-1-4-17(18)14-28-11-3-6-19(22(28)31)26-23(32)27-20(12-21(29)30)16-9-7-15(13-25)8-10-16/h1-11,20H,12-14,25H2,(H,29,30)(H2,26,27,32). The summed E-state index contributed by atoms with van der Waals surface area (Å²) in [7, 11) is 0. The second kappa shape index (κ2) is 10.6. The van der Waals surface area contributed by atoms with E-state index >= 15 is 0 Å². The zero-order valence-electron chi connectivity index (χ0n) is 17.1. The SMILES string of the molecule is NCc1ccc(C(CC(=O)O)NC(=O)Nc2cccn(Cc3ccccc3Cl)c2=O)cc1. The molecule has 0 bridgehead atoms. The quantitative estimate of drug-likeness (QED) is 0.415. The summed E-state index contributed by atoms with van der Waals surface area (Å²) in [6.07, 6.45) is 1.28. The molecule has 3 rings (SSSR count). The number of amides is 2. The maximum Gasteiger partial charge on any atom is 0.319 e. The number of carbonyl (C=O) groups is 2. The van der Waals surface area contributed by atoms with Gasteiger partial charge in [-0.3, -0.25) is 9.59 Å². The minimum atomic E-state index is -1.07. The number of nitrogens with one attached hydrogen (secondary N) is 2. The molecule has 0 radical (unpaired) electrons. The number of halogens is 1. The van der Waals surface area contributed by atoms with Gasteiger partial charge in [-0.2, -0.15) is 0 Å². The van der Waals surface area contributed by atoms with Crippen molar-refractivity contribution in [2.45, 2.75) is 25.6 Å². The number of benzene rings is 2. The van der Waals surface area contributed by atoms with Gasteiger partial charge in [0, 0.05) is 17.8 Å². The number of pyridine rings is 1. The molecule has 0 aliphatic rings. The lowest BCUT2D eigenvalue weighted by atomic mass is 10.0. The Hall–Kier alpha value is -3.62. The molecule has 3 aromatic rings. The molecule has 0 aliphatic carbocycles. The van der Waals surface area contributed by atoms with E-state index in [1.54, 1.807) is 48.7 Å². The summed E-state index contributed by atoms with van der Waals surface area (Å²) in [6, 6.07) is 15.8. The number of aromatic nitrogens is 1. The molecule has 0 spiro atoms. The van der Waals surface area contributed by atoms with Gasteiger partial charge in [0.15, 0.2) is 0 Å². The van der Waals surface area contributed by atoms with E-state index in [4.69, 9.17) is 17.3 Å². The fourth-order valence-electron chi connectivity index (χ4n) is 3.20. The second-order valence-electron chi connectivity index (χ2n) is 7.14. The fourth-order valence-corrected chi connectivity index (χ4v) is 3.39. The molecule has 32 heavy (non-hydrogen) atoms. The Kier molecular flexibility index (Phi) is 7.64. The molecular formula is C23H23ClN4O4. The van der Waals surface area contributed by atoms with Gasteiger partial charge in [0.1, 0.15) is 5.69 Å². The Morgan fingerprint density at radius 2 is 1.78 bits per heavy atom. The largest absolute Gasteiger partial charge is 0.481 e. The number of nitrogens with zero attached hydrogens (tertiary/aromatic N) is 1. The van der Waals surface area contributed by atoms with Crippen LogP contribution in [0.1, 0.15) is 29.2 Å². The number of urea groups is 1. The van der Waals surface area contributed by atoms with Crippen LogP contribution in [0.15, 0.2) is 71.7 Å². The second-order valence-corrected chi connectivity index (χ2v) is 7.55. The van der Waals surface area contributed by atoms with Crippen LogP contribution in [0.25, 0.3) is 0 Å². The summed E-state index contributed by atoms with van der Waals surface area (Å²) in [5, 5.41) is 14.9. The van der Waals surface area contributed by atoms with Gasteiger partial charge < -0.3 is 26.0 Å². The molecular weight excluding hydrogens is 432 g/mol. The third-order valence-electron chi connectivity index (χ3n) is 4.87. The Morgan fingerprint density at radius 1 is 1.06 bits per heavy atom. The first-order valence-electron chi connectivity index (χ1n) is 9.88. The Morgan fingerprint density at radius 3 is 2.44 bits per heavy atom. The Balaban J connectivity index is 1.75. The third kappa shape index (κ3) is 5.96. The minimum absolute atomic E-state index is 0.0598. The normalized spacial score (nSPS) is 11.6. The van der Waals surface area contributed by atoms with Gasteiger partial charge in [0.25, 0.3) is 5.56 Å². The van der Waals surface area contributed by atoms with Crippen LogP contribution in [0.3, 0.4) is 0 Å². The van der Waals surface area contributed by atoms with Crippen LogP contribution in [0.2, 0.25) is 5.02 Å². The van der Waals surface area contributed by atoms with Gasteiger partial charge >= 0.3 is 12.0 Å². The number of hydrogen-bond donors (Lipinski definition) is 4. The number of carboxylic acids is 1. The third-order valence-corrected chi connectivity index (χ3v) is 5.24. The van der Waals surface area contributed by atoms with E-state index in [1.807, 2.05) is 12.1 Å². The molecule has 0 aliphatic heterocycles. The van der Waals surface area contributed by atoms with Crippen molar-refractivity contribution >= 4 is 29.3 Å². The van der Waals surface area contributed by atoms with Gasteiger partial charge in [-0.15, -0.1) is 0 Å². The minimum Gasteiger partial charge on any atom is -0.481 e. The van der Waals surface area contributed by atoms with Gasteiger partial charge in [-0.05, 0) is 34.9 Å². The molecule has 9 heteroatoms. The highest BCUT2D eigenvalue weighted by Gasteiger charge is 2.19. The topological polar surface area (TPSA) is 126 Å². The number of carboxylic acid groups (broad SMARTS) is 1. The lowest BCUT2D eigenvalue weighted by Gasteiger charge is -2.18. The lowest BCUT2D eigenvalue weighted by molar-refractivity contribution is -0.137. The van der Waals surface area contributed by atoms with Crippen LogP contribution in [-0.4, -0.2) is 21.7 Å². The van der Waals surface area contributed by atoms with Crippen molar-refractivity contribution < 1.29 is 14.7 Å². The van der Waals surface area contributed by atoms with Crippen molar-refractivity contribution in [3.05, 3.63) is 98.9 Å². The van der Waals surface area contributed by atoms with Crippen LogP contribution >= 0.6 is 11.6 Å². The number of rotatable bonds is 8. The van der Waals surface area contributed by atoms with Crippen LogP contribution in [0.5, 0.6) is 0 Å². The molecule has 1 heterocycles. The first-order chi connectivity index (χ1) is 15.4. The van der Waals surface area contributed by atoms with Gasteiger partial charge in [-0.1, -0.05) is 54.1 Å². The summed E-state index contributed by atoms with van der Waals surface area (Å²) in [5.41, 5.74) is 7.51. The summed E-state index contributed by atoms with van der Waals surface area (Å²) in [4.78, 5) is 36.7. The van der Waals surface area contributed by atoms with E-state index < -0.39 is 23.6 Å². The maximum absolute atomic E-state index is 12.8. The van der Waals surface area contributed by atoms with Crippen molar-refractivity contribution in [1.29, 1.82) is 0 Å². The van der Waals surface area contributed by atoms with Crippen molar-refractivity contribution in [2.24, 2.45) is 5.73 Å². The monoisotopic (exact) mass is 454 g/mol. The van der Waals surface area contributed by atoms with Crippen LogP contribution in [-0.2, 0) is 17.9 Å². The van der Waals surface area contributed by atoms with Crippen LogP contribution < -0.4 is 21.9 Å². The van der Waals surface area contributed by atoms with E-state index in [1.165, 1.54) is 10.6 Å². The number of nitrogens with two attached hydrogens (primary N) is 1. The maximum atomic E-state index is 12.8. The highest BCUT2D eigenvalue weighted by atomic mass is 35.5. The Labute approximate surface area is 189 Å². The molecule has 166 valence electrons. The molecule has 0 saturated heterocycles. The van der Waals surface area contributed by atoms with E-state index in [0.29, 0.717) is 17.1 Å². The van der Waals surface area contributed by atoms with Crippen molar-refractivity contribution in [1.82, 2.24) is 9.88 Å². The van der Waals surface area contributed by atoms with E-state index in [-0.39, 0.29) is 18.7 Å². The van der Waals surface area contributed by atoms with Gasteiger partial charge in [-0.25, -0.2) is 4.79 Å². The van der Waals surface area contributed by atoms with Crippen molar-refractivity contribution in [2.75, 3.05) is 5.32 Å². The lowest BCUT2D eigenvalue weighted by Crippen LogP contribution is -2.36. The van der Waals surface area contributed by atoms with Crippen LogP contribution in [0, 0.1) is 0 Å². The molecule has 1 unspecified atom stereocenters. The highest BCUT2D eigenvalue weighted by molar-refractivity contribution is 6.31. The smallest absolute Gasteiger partial charge is 0.319 e. The summed E-state index contributed by atoms with van der Waals surface area (Å²) in [5.74, 6) is -1.07. The van der Waals surface area contributed by atoms with E-state index in [2.05, 4.69) is 10.6 Å². The first-order valence-corrected chi connectivity index (χ1v) is 10.3. The average Bonchev–Trinajstić information content (AvgIpc) is 2.77. The first kappa shape index (κ1) is 23.1. The Bertz CT molecular complexity index is 1160. The summed E-state index contributed by atoms with van der Waals surface area (Å²) >= 11 is 6.18. The average molecular weight is 455 g/mol. The predicted octanol–water partition coefficient (Wildman–Crippen LogP) is 3.35. The molecule has 1 aromatic heterocycles. The highest BCUT2D eigenvalue weighted by Crippen LogP contribution is 2.18.